The maximum atomic E-state index is 10.1. The van der Waals surface area contributed by atoms with Crippen LogP contribution in [0.4, 0.5) is 0 Å². The summed E-state index contributed by atoms with van der Waals surface area (Å²) in [6.45, 7) is 2.13. The minimum atomic E-state index is 0.511. The Bertz CT molecular complexity index is 253. The standard InChI is InChI=1S/C11H13O/c1-2-10-6-3-4-7-11(10)8-5-9-12/h3-4,6-7H,2,5,8H2,1H3. The molecule has 0 N–H and O–H groups in total. The van der Waals surface area contributed by atoms with E-state index >= 15 is 0 Å². The number of rotatable bonds is 4. The second-order valence-electron chi connectivity index (χ2n) is 2.77. The van der Waals surface area contributed by atoms with E-state index in [9.17, 15) is 4.79 Å². The van der Waals surface area contributed by atoms with E-state index in [-0.39, 0.29) is 0 Å². The third-order valence-corrected chi connectivity index (χ3v) is 2.00. The Morgan fingerprint density at radius 2 is 1.92 bits per heavy atom. The summed E-state index contributed by atoms with van der Waals surface area (Å²) in [5, 5.41) is 0. The van der Waals surface area contributed by atoms with Gasteiger partial charge in [0.1, 0.15) is 0 Å². The lowest BCUT2D eigenvalue weighted by Crippen LogP contribution is -1.92. The minimum Gasteiger partial charge on any atom is -0.291 e. The van der Waals surface area contributed by atoms with Crippen molar-refractivity contribution in [1.82, 2.24) is 0 Å². The first-order chi connectivity index (χ1) is 5.88. The van der Waals surface area contributed by atoms with E-state index in [2.05, 4.69) is 19.1 Å². The Morgan fingerprint density at radius 1 is 1.25 bits per heavy atom. The van der Waals surface area contributed by atoms with Gasteiger partial charge in [-0.05, 0) is 24.0 Å². The number of carbonyl (C=O) groups excluding carboxylic acids is 1. The van der Waals surface area contributed by atoms with E-state index in [4.69, 9.17) is 0 Å². The molecule has 63 valence electrons. The molecular formula is C11H13O. The normalized spacial score (nSPS) is 9.75. The molecule has 1 aromatic rings. The average Bonchev–Trinajstić information content (AvgIpc) is 2.15. The predicted octanol–water partition coefficient (Wildman–Crippen LogP) is 2.29. The lowest BCUT2D eigenvalue weighted by Gasteiger charge is -2.04. The zero-order valence-corrected chi connectivity index (χ0v) is 7.34. The Kier molecular flexibility index (Phi) is 3.52. The molecule has 0 aliphatic rings. The van der Waals surface area contributed by atoms with Crippen LogP contribution < -0.4 is 0 Å². The maximum Gasteiger partial charge on any atom is 0.198 e. The average molecular weight is 161 g/mol. The van der Waals surface area contributed by atoms with Crippen LogP contribution in [0.3, 0.4) is 0 Å². The first-order valence-corrected chi connectivity index (χ1v) is 4.30. The van der Waals surface area contributed by atoms with Crippen LogP contribution in [0.15, 0.2) is 24.3 Å². The molecule has 0 spiro atoms. The van der Waals surface area contributed by atoms with Gasteiger partial charge in [0.15, 0.2) is 6.29 Å². The zero-order chi connectivity index (χ0) is 8.81. The second-order valence-corrected chi connectivity index (χ2v) is 2.77. The highest BCUT2D eigenvalue weighted by Crippen LogP contribution is 2.10. The van der Waals surface area contributed by atoms with Gasteiger partial charge in [-0.1, -0.05) is 31.2 Å². The Balaban J connectivity index is 2.74. The molecule has 0 amide bonds. The summed E-state index contributed by atoms with van der Waals surface area (Å²) in [5.41, 5.74) is 2.62. The van der Waals surface area contributed by atoms with Crippen molar-refractivity contribution in [2.24, 2.45) is 0 Å². The fourth-order valence-electron chi connectivity index (χ4n) is 1.33. The van der Waals surface area contributed by atoms with Gasteiger partial charge in [0.2, 0.25) is 0 Å². The molecule has 1 rings (SSSR count). The van der Waals surface area contributed by atoms with Crippen molar-refractivity contribution in [2.75, 3.05) is 0 Å². The van der Waals surface area contributed by atoms with Gasteiger partial charge >= 0.3 is 0 Å². The molecule has 0 heterocycles. The van der Waals surface area contributed by atoms with E-state index in [1.54, 1.807) is 0 Å². The topological polar surface area (TPSA) is 17.1 Å². The molecule has 0 fully saturated rings. The van der Waals surface area contributed by atoms with Crippen molar-refractivity contribution in [3.8, 4) is 0 Å². The summed E-state index contributed by atoms with van der Waals surface area (Å²) in [6, 6.07) is 8.24. The quantitative estimate of drug-likeness (QED) is 0.662. The molecule has 0 bridgehead atoms. The molecule has 0 unspecified atom stereocenters. The molecule has 0 saturated carbocycles. The van der Waals surface area contributed by atoms with E-state index in [1.807, 2.05) is 18.4 Å². The minimum absolute atomic E-state index is 0.511. The van der Waals surface area contributed by atoms with Crippen molar-refractivity contribution in [2.45, 2.75) is 26.2 Å². The van der Waals surface area contributed by atoms with Crippen LogP contribution in [-0.2, 0) is 17.6 Å². The molecule has 1 heteroatoms. The SMILES string of the molecule is CCc1ccccc1CC[C]=O. The number of benzene rings is 1. The second kappa shape index (κ2) is 4.70. The fourth-order valence-corrected chi connectivity index (χ4v) is 1.33. The summed E-state index contributed by atoms with van der Waals surface area (Å²) in [6.07, 6.45) is 4.29. The summed E-state index contributed by atoms with van der Waals surface area (Å²) in [7, 11) is 0. The first kappa shape index (κ1) is 8.98. The first-order valence-electron chi connectivity index (χ1n) is 4.30. The number of hydrogen-bond donors (Lipinski definition) is 0. The Morgan fingerprint density at radius 3 is 2.50 bits per heavy atom. The van der Waals surface area contributed by atoms with Crippen LogP contribution in [-0.4, -0.2) is 6.29 Å². The smallest absolute Gasteiger partial charge is 0.198 e. The van der Waals surface area contributed by atoms with Gasteiger partial charge in [0.25, 0.3) is 0 Å². The third-order valence-electron chi connectivity index (χ3n) is 2.00. The molecule has 0 aliphatic heterocycles. The van der Waals surface area contributed by atoms with E-state index in [0.717, 1.165) is 12.8 Å². The molecular weight excluding hydrogens is 148 g/mol. The van der Waals surface area contributed by atoms with Crippen LogP contribution in [0.25, 0.3) is 0 Å². The molecule has 0 saturated heterocycles. The van der Waals surface area contributed by atoms with Crippen molar-refractivity contribution in [1.29, 1.82) is 0 Å². The van der Waals surface area contributed by atoms with Crippen molar-refractivity contribution < 1.29 is 4.79 Å². The van der Waals surface area contributed by atoms with Gasteiger partial charge in [0.05, 0.1) is 0 Å². The van der Waals surface area contributed by atoms with Crippen molar-refractivity contribution >= 4 is 6.29 Å². The highest BCUT2D eigenvalue weighted by atomic mass is 16.1. The van der Waals surface area contributed by atoms with Gasteiger partial charge in [-0.15, -0.1) is 0 Å². The van der Waals surface area contributed by atoms with Crippen LogP contribution in [0, 0.1) is 0 Å². The van der Waals surface area contributed by atoms with Gasteiger partial charge < -0.3 is 0 Å². The molecule has 1 radical (unpaired) electrons. The molecule has 1 nitrogen and oxygen atoms in total. The van der Waals surface area contributed by atoms with Crippen molar-refractivity contribution in [3.05, 3.63) is 35.4 Å². The molecule has 1 aromatic carbocycles. The van der Waals surface area contributed by atoms with Crippen LogP contribution in [0.5, 0.6) is 0 Å². The Hall–Kier alpha value is -1.11. The van der Waals surface area contributed by atoms with Gasteiger partial charge in [-0.2, -0.15) is 0 Å². The number of hydrogen-bond acceptors (Lipinski definition) is 1. The summed E-state index contributed by atoms with van der Waals surface area (Å²) < 4.78 is 0. The van der Waals surface area contributed by atoms with E-state index in [0.29, 0.717) is 6.42 Å². The molecule has 0 aliphatic carbocycles. The molecule has 0 aromatic heterocycles. The number of aryl methyl sites for hydroxylation is 2. The van der Waals surface area contributed by atoms with Crippen LogP contribution in [0.1, 0.15) is 24.5 Å². The van der Waals surface area contributed by atoms with Gasteiger partial charge in [0, 0.05) is 6.42 Å². The monoisotopic (exact) mass is 161 g/mol. The zero-order valence-electron chi connectivity index (χ0n) is 7.34. The third kappa shape index (κ3) is 2.19. The lowest BCUT2D eigenvalue weighted by molar-refractivity contribution is 0.551. The maximum absolute atomic E-state index is 10.1. The predicted molar refractivity (Wildman–Crippen MR) is 49.8 cm³/mol. The van der Waals surface area contributed by atoms with E-state index in [1.165, 1.54) is 11.1 Å². The van der Waals surface area contributed by atoms with Crippen LogP contribution in [0.2, 0.25) is 0 Å². The molecule has 12 heavy (non-hydrogen) atoms. The highest BCUT2D eigenvalue weighted by Gasteiger charge is 1.97. The summed E-state index contributed by atoms with van der Waals surface area (Å²) in [5.74, 6) is 0. The van der Waals surface area contributed by atoms with Gasteiger partial charge in [-0.3, -0.25) is 4.79 Å². The largest absolute Gasteiger partial charge is 0.291 e. The lowest BCUT2D eigenvalue weighted by atomic mass is 10.0. The van der Waals surface area contributed by atoms with Crippen LogP contribution >= 0.6 is 0 Å². The summed E-state index contributed by atoms with van der Waals surface area (Å²) in [4.78, 5) is 10.1. The van der Waals surface area contributed by atoms with Gasteiger partial charge in [-0.25, -0.2) is 0 Å². The highest BCUT2D eigenvalue weighted by molar-refractivity contribution is 5.51. The molecule has 0 atom stereocenters. The fraction of sp³-hybridized carbons (Fsp3) is 0.364. The van der Waals surface area contributed by atoms with E-state index < -0.39 is 0 Å². The van der Waals surface area contributed by atoms with Crippen molar-refractivity contribution in [3.63, 3.8) is 0 Å². The Labute approximate surface area is 73.4 Å². The summed E-state index contributed by atoms with van der Waals surface area (Å²) >= 11 is 0.